The molecule has 0 unspecified atom stereocenters. The molecule has 0 fully saturated rings. The lowest BCUT2D eigenvalue weighted by atomic mass is 10.1. The molecule has 1 nitrogen and oxygen atoms in total. The van der Waals surface area contributed by atoms with Crippen LogP contribution >= 0.6 is 11.8 Å². The second kappa shape index (κ2) is 8.60. The Balaban J connectivity index is 1.99. The van der Waals surface area contributed by atoms with Gasteiger partial charge in [-0.1, -0.05) is 31.5 Å². The first-order valence-corrected chi connectivity index (χ1v) is 7.57. The maximum atomic E-state index is 3.50. The van der Waals surface area contributed by atoms with E-state index < -0.39 is 0 Å². The Kier molecular flexibility index (Phi) is 7.38. The SMILES string of the molecule is Cc1ccc(SCCNCCCC(C)C)cc1. The van der Waals surface area contributed by atoms with Crippen LogP contribution in [0.4, 0.5) is 0 Å². The van der Waals surface area contributed by atoms with Gasteiger partial charge < -0.3 is 5.32 Å². The van der Waals surface area contributed by atoms with E-state index in [1.54, 1.807) is 0 Å². The first-order valence-electron chi connectivity index (χ1n) is 6.58. The normalized spacial score (nSPS) is 11.1. The van der Waals surface area contributed by atoms with E-state index in [4.69, 9.17) is 0 Å². The molecule has 0 spiro atoms. The number of benzene rings is 1. The minimum Gasteiger partial charge on any atom is -0.316 e. The van der Waals surface area contributed by atoms with E-state index in [9.17, 15) is 0 Å². The number of thioether (sulfide) groups is 1. The van der Waals surface area contributed by atoms with Crippen LogP contribution in [0.1, 0.15) is 32.3 Å². The molecule has 0 amide bonds. The summed E-state index contributed by atoms with van der Waals surface area (Å²) < 4.78 is 0. The molecule has 0 aliphatic heterocycles. The predicted molar refractivity (Wildman–Crippen MR) is 78.8 cm³/mol. The van der Waals surface area contributed by atoms with Crippen molar-refractivity contribution < 1.29 is 0 Å². The van der Waals surface area contributed by atoms with Gasteiger partial charge in [0.1, 0.15) is 0 Å². The van der Waals surface area contributed by atoms with Crippen molar-refractivity contribution in [1.82, 2.24) is 5.32 Å². The molecule has 0 atom stereocenters. The zero-order valence-electron chi connectivity index (χ0n) is 11.3. The Morgan fingerprint density at radius 2 is 1.82 bits per heavy atom. The van der Waals surface area contributed by atoms with Crippen LogP contribution in [0.25, 0.3) is 0 Å². The molecule has 0 aliphatic rings. The maximum absolute atomic E-state index is 3.50. The second-order valence-electron chi connectivity index (χ2n) is 4.95. The Hall–Kier alpha value is -0.470. The lowest BCUT2D eigenvalue weighted by molar-refractivity contribution is 0.534. The fourth-order valence-electron chi connectivity index (χ4n) is 1.64. The summed E-state index contributed by atoms with van der Waals surface area (Å²) in [6.07, 6.45) is 2.63. The molecule has 1 N–H and O–H groups in total. The summed E-state index contributed by atoms with van der Waals surface area (Å²) in [4.78, 5) is 1.37. The summed E-state index contributed by atoms with van der Waals surface area (Å²) in [5.41, 5.74) is 1.33. The van der Waals surface area contributed by atoms with Crippen LogP contribution in [0.2, 0.25) is 0 Å². The molecule has 0 radical (unpaired) electrons. The van der Waals surface area contributed by atoms with Crippen molar-refractivity contribution in [2.24, 2.45) is 5.92 Å². The third-order valence-corrected chi connectivity index (χ3v) is 3.72. The first-order chi connectivity index (χ1) is 8.18. The van der Waals surface area contributed by atoms with Crippen LogP contribution in [-0.2, 0) is 0 Å². The average molecular weight is 251 g/mol. The van der Waals surface area contributed by atoms with Gasteiger partial charge in [0, 0.05) is 17.2 Å². The molecule has 0 aromatic heterocycles. The smallest absolute Gasteiger partial charge is 0.0106 e. The van der Waals surface area contributed by atoms with Crippen LogP contribution < -0.4 is 5.32 Å². The van der Waals surface area contributed by atoms with E-state index >= 15 is 0 Å². The summed E-state index contributed by atoms with van der Waals surface area (Å²) in [7, 11) is 0. The third kappa shape index (κ3) is 7.45. The van der Waals surface area contributed by atoms with E-state index in [-0.39, 0.29) is 0 Å². The molecule has 1 rings (SSSR count). The summed E-state index contributed by atoms with van der Waals surface area (Å²) in [6, 6.07) is 8.77. The number of nitrogens with one attached hydrogen (secondary N) is 1. The van der Waals surface area contributed by atoms with E-state index in [2.05, 4.69) is 50.4 Å². The average Bonchev–Trinajstić information content (AvgIpc) is 2.30. The summed E-state index contributed by atoms with van der Waals surface area (Å²) in [6.45, 7) is 8.97. The number of rotatable bonds is 8. The van der Waals surface area contributed by atoms with Crippen LogP contribution in [-0.4, -0.2) is 18.8 Å². The third-order valence-electron chi connectivity index (χ3n) is 2.70. The molecule has 96 valence electrons. The molecule has 2 heteroatoms. The summed E-state index contributed by atoms with van der Waals surface area (Å²) in [5, 5.41) is 3.50. The van der Waals surface area contributed by atoms with Crippen molar-refractivity contribution in [3.05, 3.63) is 29.8 Å². The molecule has 0 bridgehead atoms. The molecule has 0 heterocycles. The molecule has 17 heavy (non-hydrogen) atoms. The molecule has 1 aromatic rings. The molecule has 0 saturated carbocycles. The standard InChI is InChI=1S/C15H25NS/c1-13(2)5-4-10-16-11-12-17-15-8-6-14(3)7-9-15/h6-9,13,16H,4-5,10-12H2,1-3H3. The zero-order chi connectivity index (χ0) is 12.5. The van der Waals surface area contributed by atoms with Crippen molar-refractivity contribution >= 4 is 11.8 Å². The first kappa shape index (κ1) is 14.6. The van der Waals surface area contributed by atoms with Crippen LogP contribution in [0.5, 0.6) is 0 Å². The zero-order valence-corrected chi connectivity index (χ0v) is 12.1. The lowest BCUT2D eigenvalue weighted by Gasteiger charge is -2.06. The molecule has 1 aromatic carbocycles. The highest BCUT2D eigenvalue weighted by Crippen LogP contribution is 2.17. The van der Waals surface area contributed by atoms with Gasteiger partial charge >= 0.3 is 0 Å². The van der Waals surface area contributed by atoms with Gasteiger partial charge in [0.25, 0.3) is 0 Å². The largest absolute Gasteiger partial charge is 0.316 e. The van der Waals surface area contributed by atoms with Gasteiger partial charge in [-0.25, -0.2) is 0 Å². The van der Waals surface area contributed by atoms with E-state index in [0.29, 0.717) is 0 Å². The van der Waals surface area contributed by atoms with Gasteiger partial charge in [-0.2, -0.15) is 0 Å². The van der Waals surface area contributed by atoms with Gasteiger partial charge in [0.05, 0.1) is 0 Å². The molecule has 0 saturated heterocycles. The highest BCUT2D eigenvalue weighted by Gasteiger charge is 1.95. The molecule has 0 aliphatic carbocycles. The van der Waals surface area contributed by atoms with Gasteiger partial charge in [-0.15, -0.1) is 11.8 Å². The molecular formula is C15H25NS. The van der Waals surface area contributed by atoms with Gasteiger partial charge in [-0.3, -0.25) is 0 Å². The van der Waals surface area contributed by atoms with Gasteiger partial charge in [0.2, 0.25) is 0 Å². The highest BCUT2D eigenvalue weighted by molar-refractivity contribution is 7.99. The van der Waals surface area contributed by atoms with E-state index in [1.807, 2.05) is 11.8 Å². The minimum atomic E-state index is 0.832. The van der Waals surface area contributed by atoms with E-state index in [1.165, 1.54) is 23.3 Å². The second-order valence-corrected chi connectivity index (χ2v) is 6.12. The Bertz CT molecular complexity index is 292. The Morgan fingerprint density at radius 3 is 2.47 bits per heavy atom. The van der Waals surface area contributed by atoms with Gasteiger partial charge in [-0.05, 0) is 44.4 Å². The minimum absolute atomic E-state index is 0.832. The molecular weight excluding hydrogens is 226 g/mol. The van der Waals surface area contributed by atoms with Crippen LogP contribution in [0.15, 0.2) is 29.2 Å². The van der Waals surface area contributed by atoms with Gasteiger partial charge in [0.15, 0.2) is 0 Å². The van der Waals surface area contributed by atoms with Crippen molar-refractivity contribution in [2.45, 2.75) is 38.5 Å². The maximum Gasteiger partial charge on any atom is 0.0106 e. The van der Waals surface area contributed by atoms with Crippen LogP contribution in [0.3, 0.4) is 0 Å². The lowest BCUT2D eigenvalue weighted by Crippen LogP contribution is -2.18. The Morgan fingerprint density at radius 1 is 1.12 bits per heavy atom. The monoisotopic (exact) mass is 251 g/mol. The summed E-state index contributed by atoms with van der Waals surface area (Å²) >= 11 is 1.93. The fraction of sp³-hybridized carbons (Fsp3) is 0.600. The number of hydrogen-bond donors (Lipinski definition) is 1. The van der Waals surface area contributed by atoms with Crippen molar-refractivity contribution in [1.29, 1.82) is 0 Å². The van der Waals surface area contributed by atoms with Crippen molar-refractivity contribution in [2.75, 3.05) is 18.8 Å². The van der Waals surface area contributed by atoms with Crippen molar-refractivity contribution in [3.63, 3.8) is 0 Å². The Labute approximate surface area is 110 Å². The fourth-order valence-corrected chi connectivity index (χ4v) is 2.45. The summed E-state index contributed by atoms with van der Waals surface area (Å²) in [5.74, 6) is 1.99. The van der Waals surface area contributed by atoms with Crippen molar-refractivity contribution in [3.8, 4) is 0 Å². The quantitative estimate of drug-likeness (QED) is 0.551. The number of aryl methyl sites for hydroxylation is 1. The predicted octanol–water partition coefficient (Wildman–Crippen LogP) is 4.11. The number of hydrogen-bond acceptors (Lipinski definition) is 2. The van der Waals surface area contributed by atoms with E-state index in [0.717, 1.165) is 24.8 Å². The van der Waals surface area contributed by atoms with Crippen LogP contribution in [0, 0.1) is 12.8 Å². The topological polar surface area (TPSA) is 12.0 Å². The highest BCUT2D eigenvalue weighted by atomic mass is 32.2.